The van der Waals surface area contributed by atoms with Gasteiger partial charge in [-0.1, -0.05) is 13.0 Å². The van der Waals surface area contributed by atoms with Gasteiger partial charge in [-0.15, -0.1) is 11.3 Å². The number of carbonyl (C=O) groups excluding carboxylic acids is 2. The maximum absolute atomic E-state index is 12.3. The Labute approximate surface area is 134 Å². The number of amides is 2. The van der Waals surface area contributed by atoms with Crippen LogP contribution in [0.25, 0.3) is 0 Å². The van der Waals surface area contributed by atoms with E-state index in [0.717, 1.165) is 12.0 Å². The number of hydrogen-bond donors (Lipinski definition) is 2. The zero-order valence-corrected chi connectivity index (χ0v) is 13.8. The molecule has 0 bridgehead atoms. The Morgan fingerprint density at radius 2 is 1.91 bits per heavy atom. The molecule has 116 valence electrons. The standard InChI is InChI=1S/C17H20N2O2S/c1-4-14-11(3)9-15(22-14)17(21)19-13-8-6-7-12(10-13)16(20)18-5-2/h6-10H,4-5H2,1-3H3,(H,18,20)(H,19,21). The maximum Gasteiger partial charge on any atom is 0.265 e. The summed E-state index contributed by atoms with van der Waals surface area (Å²) in [6, 6.07) is 8.86. The predicted molar refractivity (Wildman–Crippen MR) is 90.8 cm³/mol. The van der Waals surface area contributed by atoms with Crippen molar-refractivity contribution in [2.75, 3.05) is 11.9 Å². The van der Waals surface area contributed by atoms with Gasteiger partial charge in [-0.25, -0.2) is 0 Å². The van der Waals surface area contributed by atoms with Crippen LogP contribution in [-0.2, 0) is 6.42 Å². The number of anilines is 1. The van der Waals surface area contributed by atoms with Gasteiger partial charge in [0.1, 0.15) is 0 Å². The average Bonchev–Trinajstić information content (AvgIpc) is 2.89. The molecule has 4 nitrogen and oxygen atoms in total. The van der Waals surface area contributed by atoms with Gasteiger partial charge in [0.2, 0.25) is 0 Å². The number of carbonyl (C=O) groups is 2. The van der Waals surface area contributed by atoms with E-state index in [-0.39, 0.29) is 11.8 Å². The van der Waals surface area contributed by atoms with Crippen LogP contribution in [0.3, 0.4) is 0 Å². The van der Waals surface area contributed by atoms with Crippen LogP contribution in [0.1, 0.15) is 44.3 Å². The number of thiophene rings is 1. The highest BCUT2D eigenvalue weighted by Crippen LogP contribution is 2.23. The fraction of sp³-hybridized carbons (Fsp3) is 0.294. The Morgan fingerprint density at radius 3 is 2.55 bits per heavy atom. The van der Waals surface area contributed by atoms with Crippen LogP contribution in [0.2, 0.25) is 0 Å². The highest BCUT2D eigenvalue weighted by Gasteiger charge is 2.12. The number of nitrogens with one attached hydrogen (secondary N) is 2. The zero-order valence-electron chi connectivity index (χ0n) is 13.0. The molecule has 2 aromatic rings. The normalized spacial score (nSPS) is 10.3. The monoisotopic (exact) mass is 316 g/mol. The van der Waals surface area contributed by atoms with Gasteiger partial charge in [-0.05, 0) is 50.1 Å². The summed E-state index contributed by atoms with van der Waals surface area (Å²) in [7, 11) is 0. The summed E-state index contributed by atoms with van der Waals surface area (Å²) < 4.78 is 0. The highest BCUT2D eigenvalue weighted by atomic mass is 32.1. The summed E-state index contributed by atoms with van der Waals surface area (Å²) in [4.78, 5) is 26.0. The predicted octanol–water partition coefficient (Wildman–Crippen LogP) is 3.62. The molecule has 1 heterocycles. The van der Waals surface area contributed by atoms with Crippen molar-refractivity contribution in [3.05, 3.63) is 51.2 Å². The summed E-state index contributed by atoms with van der Waals surface area (Å²) in [5.74, 6) is -0.278. The largest absolute Gasteiger partial charge is 0.352 e. The van der Waals surface area contributed by atoms with E-state index in [4.69, 9.17) is 0 Å². The lowest BCUT2D eigenvalue weighted by Crippen LogP contribution is -2.22. The summed E-state index contributed by atoms with van der Waals surface area (Å²) in [6.45, 7) is 6.54. The summed E-state index contributed by atoms with van der Waals surface area (Å²) in [6.07, 6.45) is 0.927. The molecule has 0 aliphatic heterocycles. The van der Waals surface area contributed by atoms with E-state index >= 15 is 0 Å². The lowest BCUT2D eigenvalue weighted by molar-refractivity contribution is 0.0954. The first-order chi connectivity index (χ1) is 10.5. The molecular formula is C17H20N2O2S. The second-order valence-electron chi connectivity index (χ2n) is 4.96. The molecule has 0 fully saturated rings. The minimum absolute atomic E-state index is 0.138. The third-order valence-corrected chi connectivity index (χ3v) is 4.67. The Hall–Kier alpha value is -2.14. The van der Waals surface area contributed by atoms with Crippen molar-refractivity contribution in [2.45, 2.75) is 27.2 Å². The minimum Gasteiger partial charge on any atom is -0.352 e. The molecule has 5 heteroatoms. The Balaban J connectivity index is 2.14. The van der Waals surface area contributed by atoms with Crippen LogP contribution >= 0.6 is 11.3 Å². The molecule has 0 unspecified atom stereocenters. The van der Waals surface area contributed by atoms with Crippen molar-refractivity contribution in [2.24, 2.45) is 0 Å². The van der Waals surface area contributed by atoms with Gasteiger partial charge in [0.05, 0.1) is 4.88 Å². The fourth-order valence-corrected chi connectivity index (χ4v) is 3.19. The van der Waals surface area contributed by atoms with Gasteiger partial charge in [0, 0.05) is 22.7 Å². The molecule has 2 rings (SSSR count). The average molecular weight is 316 g/mol. The molecule has 0 atom stereocenters. The topological polar surface area (TPSA) is 58.2 Å². The van der Waals surface area contributed by atoms with Gasteiger partial charge in [0.15, 0.2) is 0 Å². The molecule has 1 aromatic carbocycles. The van der Waals surface area contributed by atoms with E-state index in [1.54, 1.807) is 24.3 Å². The lowest BCUT2D eigenvalue weighted by Gasteiger charge is -2.06. The van der Waals surface area contributed by atoms with E-state index in [2.05, 4.69) is 17.6 Å². The van der Waals surface area contributed by atoms with E-state index in [1.807, 2.05) is 19.9 Å². The molecule has 2 amide bonds. The van der Waals surface area contributed by atoms with E-state index in [0.29, 0.717) is 22.7 Å². The van der Waals surface area contributed by atoms with Crippen molar-refractivity contribution in [3.8, 4) is 0 Å². The van der Waals surface area contributed by atoms with Crippen LogP contribution < -0.4 is 10.6 Å². The highest BCUT2D eigenvalue weighted by molar-refractivity contribution is 7.14. The van der Waals surface area contributed by atoms with Crippen LogP contribution in [0.15, 0.2) is 30.3 Å². The number of benzene rings is 1. The molecule has 0 saturated heterocycles. The SMILES string of the molecule is CCNC(=O)c1cccc(NC(=O)c2cc(C)c(CC)s2)c1. The third-order valence-electron chi connectivity index (χ3n) is 3.29. The van der Waals surface area contributed by atoms with Gasteiger partial charge in [-0.3, -0.25) is 9.59 Å². The molecule has 2 N–H and O–H groups in total. The fourth-order valence-electron chi connectivity index (χ4n) is 2.18. The van der Waals surface area contributed by atoms with E-state index < -0.39 is 0 Å². The second-order valence-corrected chi connectivity index (χ2v) is 6.10. The van der Waals surface area contributed by atoms with Crippen molar-refractivity contribution >= 4 is 28.8 Å². The Kier molecular flexibility index (Phi) is 5.33. The Bertz CT molecular complexity index is 692. The van der Waals surface area contributed by atoms with Gasteiger partial charge in [0.25, 0.3) is 11.8 Å². The molecule has 1 aromatic heterocycles. The minimum atomic E-state index is -0.140. The number of rotatable bonds is 5. The summed E-state index contributed by atoms with van der Waals surface area (Å²) in [5.41, 5.74) is 2.31. The molecule has 0 radical (unpaired) electrons. The number of hydrogen-bond acceptors (Lipinski definition) is 3. The van der Waals surface area contributed by atoms with Crippen molar-refractivity contribution in [1.82, 2.24) is 5.32 Å². The first-order valence-electron chi connectivity index (χ1n) is 7.34. The van der Waals surface area contributed by atoms with Crippen LogP contribution in [-0.4, -0.2) is 18.4 Å². The van der Waals surface area contributed by atoms with E-state index in [1.165, 1.54) is 16.2 Å². The zero-order chi connectivity index (χ0) is 16.1. The van der Waals surface area contributed by atoms with Crippen LogP contribution in [0, 0.1) is 6.92 Å². The van der Waals surface area contributed by atoms with E-state index in [9.17, 15) is 9.59 Å². The van der Waals surface area contributed by atoms with Crippen LogP contribution in [0.5, 0.6) is 0 Å². The summed E-state index contributed by atoms with van der Waals surface area (Å²) >= 11 is 1.51. The lowest BCUT2D eigenvalue weighted by atomic mass is 10.2. The number of aryl methyl sites for hydroxylation is 2. The molecule has 22 heavy (non-hydrogen) atoms. The third kappa shape index (κ3) is 3.74. The van der Waals surface area contributed by atoms with Crippen molar-refractivity contribution in [3.63, 3.8) is 0 Å². The molecule has 0 aliphatic carbocycles. The first kappa shape index (κ1) is 16.2. The Morgan fingerprint density at radius 1 is 1.14 bits per heavy atom. The molecule has 0 saturated carbocycles. The second kappa shape index (κ2) is 7.22. The quantitative estimate of drug-likeness (QED) is 0.885. The van der Waals surface area contributed by atoms with Crippen molar-refractivity contribution < 1.29 is 9.59 Å². The van der Waals surface area contributed by atoms with Gasteiger partial charge < -0.3 is 10.6 Å². The maximum atomic E-state index is 12.3. The molecule has 0 aliphatic rings. The van der Waals surface area contributed by atoms with Gasteiger partial charge in [-0.2, -0.15) is 0 Å². The molecular weight excluding hydrogens is 296 g/mol. The van der Waals surface area contributed by atoms with Crippen molar-refractivity contribution in [1.29, 1.82) is 0 Å². The van der Waals surface area contributed by atoms with Gasteiger partial charge >= 0.3 is 0 Å². The first-order valence-corrected chi connectivity index (χ1v) is 8.15. The summed E-state index contributed by atoms with van der Waals surface area (Å²) in [5, 5.41) is 5.59. The smallest absolute Gasteiger partial charge is 0.265 e. The molecule has 0 spiro atoms. The van der Waals surface area contributed by atoms with Crippen LogP contribution in [0.4, 0.5) is 5.69 Å².